The van der Waals surface area contributed by atoms with Crippen LogP contribution in [0.15, 0.2) is 0 Å². The van der Waals surface area contributed by atoms with Gasteiger partial charge in [0.15, 0.2) is 0 Å². The van der Waals surface area contributed by atoms with E-state index in [1.807, 2.05) is 32.8 Å². The predicted octanol–water partition coefficient (Wildman–Crippen LogP) is 1.61. The zero-order chi connectivity index (χ0) is 7.98. The molecule has 0 amide bonds. The summed E-state index contributed by atoms with van der Waals surface area (Å²) < 4.78 is 0. The van der Waals surface area contributed by atoms with E-state index in [0.29, 0.717) is 0 Å². The van der Waals surface area contributed by atoms with E-state index in [-0.39, 0.29) is 48.4 Å². The van der Waals surface area contributed by atoms with Crippen molar-refractivity contribution >= 4 is 0 Å². The molecule has 0 bridgehead atoms. The van der Waals surface area contributed by atoms with E-state index in [0.717, 1.165) is 13.1 Å². The Bertz CT molecular complexity index is 75.1. The maximum atomic E-state index is 4.27. The van der Waals surface area contributed by atoms with Gasteiger partial charge in [0.1, 0.15) is 0 Å². The molecule has 0 aliphatic carbocycles. The molecule has 0 saturated heterocycles. The van der Waals surface area contributed by atoms with Gasteiger partial charge in [-0.05, 0) is 14.1 Å². The summed E-state index contributed by atoms with van der Waals surface area (Å²) in [6, 6.07) is 0. The van der Waals surface area contributed by atoms with E-state index >= 15 is 0 Å². The van der Waals surface area contributed by atoms with E-state index in [4.69, 9.17) is 0 Å². The molecule has 0 aromatic rings. The van der Waals surface area contributed by atoms with Gasteiger partial charge in [-0.2, -0.15) is 19.4 Å². The Labute approximate surface area is 105 Å². The van der Waals surface area contributed by atoms with E-state index in [9.17, 15) is 0 Å². The van der Waals surface area contributed by atoms with Crippen LogP contribution in [0.4, 0.5) is 0 Å². The van der Waals surface area contributed by atoms with E-state index in [1.165, 1.54) is 0 Å². The molecule has 0 fully saturated rings. The van der Waals surface area contributed by atoms with Crippen molar-refractivity contribution in [3.05, 3.63) is 10.6 Å². The van der Waals surface area contributed by atoms with Crippen LogP contribution in [-0.2, 0) is 42.1 Å². The summed E-state index contributed by atoms with van der Waals surface area (Å²) in [6.07, 6.45) is 0.0648. The third kappa shape index (κ3) is 9.35. The Kier molecular flexibility index (Phi) is 19.3. The third-order valence-corrected chi connectivity index (χ3v) is 1.15. The molecular weight excluding hydrogens is 318 g/mol. The molecule has 0 heterocycles. The molecule has 0 aromatic heterocycles. The molecule has 0 aromatic carbocycles. The molecule has 0 unspecified atom stereocenters. The van der Waals surface area contributed by atoms with Crippen molar-refractivity contribution in [1.82, 2.24) is 4.90 Å². The molecule has 0 N–H and O–H groups in total. The summed E-state index contributed by atoms with van der Waals surface area (Å²) in [5.74, 6) is 0. The number of hydrogen-bond donors (Lipinski definition) is 0. The molecule has 0 spiro atoms. The van der Waals surface area contributed by atoms with E-state index in [1.54, 1.807) is 0 Å². The second-order valence-electron chi connectivity index (χ2n) is 2.31. The average molecular weight is 335 g/mol. The third-order valence-electron chi connectivity index (χ3n) is 1.15. The molecule has 12 heavy (non-hydrogen) atoms. The molecule has 0 aliphatic heterocycles. The fourth-order valence-electron chi connectivity index (χ4n) is 0.711. The van der Waals surface area contributed by atoms with Gasteiger partial charge in [0.05, 0.1) is 0 Å². The second-order valence-corrected chi connectivity index (χ2v) is 2.31. The fourth-order valence-corrected chi connectivity index (χ4v) is 0.711. The molecular formula is C7H17Mo2N3-2. The first-order chi connectivity index (χ1) is 4.72. The van der Waals surface area contributed by atoms with Crippen molar-refractivity contribution in [3.63, 3.8) is 0 Å². The van der Waals surface area contributed by atoms with Gasteiger partial charge in [0.2, 0.25) is 0 Å². The first kappa shape index (κ1) is 18.9. The molecule has 5 heteroatoms. The van der Waals surface area contributed by atoms with Gasteiger partial charge in [0, 0.05) is 42.1 Å². The Morgan fingerprint density at radius 3 is 1.50 bits per heavy atom. The van der Waals surface area contributed by atoms with Crippen LogP contribution in [0.5, 0.6) is 0 Å². The zero-order valence-corrected chi connectivity index (χ0v) is 12.2. The summed E-state index contributed by atoms with van der Waals surface area (Å²) in [6.45, 7) is 5.74. The zero-order valence-electron chi connectivity index (χ0n) is 8.15. The Morgan fingerprint density at radius 1 is 1.00 bits per heavy atom. The van der Waals surface area contributed by atoms with Crippen LogP contribution in [0, 0.1) is 0 Å². The van der Waals surface area contributed by atoms with E-state index < -0.39 is 0 Å². The summed E-state index contributed by atoms with van der Waals surface area (Å²) in [5, 5.41) is 8.55. The largest absolute Gasteiger partial charge is 0.666 e. The van der Waals surface area contributed by atoms with Crippen molar-refractivity contribution in [2.45, 2.75) is 20.1 Å². The number of nitrogens with zero attached hydrogens (tertiary/aromatic N) is 3. The maximum absolute atomic E-state index is 4.27. The van der Waals surface area contributed by atoms with Gasteiger partial charge in [-0.1, -0.05) is 13.8 Å². The molecule has 0 saturated carbocycles. The van der Waals surface area contributed by atoms with Crippen LogP contribution < -0.4 is 0 Å². The van der Waals surface area contributed by atoms with Crippen LogP contribution in [0.2, 0.25) is 0 Å². The van der Waals surface area contributed by atoms with E-state index in [2.05, 4.69) is 10.6 Å². The molecule has 0 aliphatic rings. The quantitative estimate of drug-likeness (QED) is 0.703. The molecule has 0 rings (SSSR count). The minimum atomic E-state index is 0. The smallest absolute Gasteiger partial charge is 0 e. The van der Waals surface area contributed by atoms with Crippen molar-refractivity contribution in [2.75, 3.05) is 27.2 Å². The van der Waals surface area contributed by atoms with Gasteiger partial charge in [-0.15, -0.1) is 0 Å². The van der Waals surface area contributed by atoms with Crippen molar-refractivity contribution < 1.29 is 42.1 Å². The normalized spacial score (nSPS) is 9.50. The molecule has 3 nitrogen and oxygen atoms in total. The number of hydrogen-bond acceptors (Lipinski definition) is 1. The minimum Gasteiger partial charge on any atom is -0.666 e. The minimum absolute atomic E-state index is 0. The molecule has 74 valence electrons. The second kappa shape index (κ2) is 12.3. The van der Waals surface area contributed by atoms with Crippen LogP contribution in [-0.4, -0.2) is 38.4 Å². The van der Waals surface area contributed by atoms with Crippen LogP contribution in [0.1, 0.15) is 13.8 Å². The average Bonchev–Trinajstić information content (AvgIpc) is 1.87. The standard InChI is InChI=1S/C7H17N3.2Mo/c1-5-8-7(9-6-2)10(3)4;;/h7H,5-6H2,1-4H3;;/q-2;;. The number of rotatable bonds is 5. The van der Waals surface area contributed by atoms with Gasteiger partial charge < -0.3 is 15.5 Å². The summed E-state index contributed by atoms with van der Waals surface area (Å²) in [4.78, 5) is 2.01. The molecule has 0 atom stereocenters. The van der Waals surface area contributed by atoms with Gasteiger partial charge in [-0.25, -0.2) is 0 Å². The van der Waals surface area contributed by atoms with Crippen molar-refractivity contribution in [1.29, 1.82) is 0 Å². The van der Waals surface area contributed by atoms with Gasteiger partial charge in [0.25, 0.3) is 0 Å². The van der Waals surface area contributed by atoms with Crippen LogP contribution in [0.3, 0.4) is 0 Å². The first-order valence-corrected chi connectivity index (χ1v) is 3.72. The fraction of sp³-hybridized carbons (Fsp3) is 1.00. The summed E-state index contributed by atoms with van der Waals surface area (Å²) >= 11 is 0. The van der Waals surface area contributed by atoms with Gasteiger partial charge in [-0.3, -0.25) is 0 Å². The Morgan fingerprint density at radius 2 is 1.33 bits per heavy atom. The first-order valence-electron chi connectivity index (χ1n) is 3.72. The summed E-state index contributed by atoms with van der Waals surface area (Å²) in [5.41, 5.74) is 0. The van der Waals surface area contributed by atoms with Crippen LogP contribution in [0.25, 0.3) is 10.6 Å². The van der Waals surface area contributed by atoms with Crippen molar-refractivity contribution in [3.8, 4) is 0 Å². The topological polar surface area (TPSA) is 31.4 Å². The predicted molar refractivity (Wildman–Crippen MR) is 45.3 cm³/mol. The Hall–Kier alpha value is 1.26. The SMILES string of the molecule is CC[N-]C([N-]CC)N(C)C.[Mo].[Mo]. The Balaban J connectivity index is -0.000000405. The maximum Gasteiger partial charge on any atom is 0 e. The van der Waals surface area contributed by atoms with Crippen molar-refractivity contribution in [2.24, 2.45) is 0 Å². The van der Waals surface area contributed by atoms with Gasteiger partial charge >= 0.3 is 0 Å². The van der Waals surface area contributed by atoms with Crippen LogP contribution >= 0.6 is 0 Å². The monoisotopic (exact) mass is 339 g/mol. The molecule has 0 radical (unpaired) electrons. The summed E-state index contributed by atoms with van der Waals surface area (Å²) in [7, 11) is 3.98.